The Morgan fingerprint density at radius 3 is 2.83 bits per heavy atom. The standard InChI is InChI=1S/C9H9F3N4O2/c1-6-14-8(18-15-6)17-4-7-13-2-3-16(7)5-9(10,11)12/h2-3H,4-5H2,1H3. The maximum atomic E-state index is 12.2. The van der Waals surface area contributed by atoms with Crippen LogP contribution in [0, 0.1) is 6.92 Å². The minimum Gasteiger partial charge on any atom is -0.441 e. The van der Waals surface area contributed by atoms with Gasteiger partial charge in [0.25, 0.3) is 0 Å². The predicted octanol–water partition coefficient (Wildman–Crippen LogP) is 1.72. The number of ether oxygens (including phenoxy) is 1. The molecule has 98 valence electrons. The van der Waals surface area contributed by atoms with Crippen LogP contribution < -0.4 is 4.74 Å². The van der Waals surface area contributed by atoms with Crippen molar-refractivity contribution in [2.75, 3.05) is 0 Å². The lowest BCUT2D eigenvalue weighted by Crippen LogP contribution is -2.19. The molecule has 6 nitrogen and oxygen atoms in total. The second-order valence-corrected chi connectivity index (χ2v) is 3.48. The second kappa shape index (κ2) is 4.67. The third-order valence-electron chi connectivity index (χ3n) is 1.99. The maximum Gasteiger partial charge on any atom is 0.417 e. The van der Waals surface area contributed by atoms with Crippen molar-refractivity contribution < 1.29 is 22.4 Å². The number of hydrogen-bond donors (Lipinski definition) is 0. The van der Waals surface area contributed by atoms with Gasteiger partial charge >= 0.3 is 12.3 Å². The van der Waals surface area contributed by atoms with Gasteiger partial charge in [0.15, 0.2) is 12.4 Å². The molecule has 0 atom stereocenters. The first-order valence-electron chi connectivity index (χ1n) is 4.94. The SMILES string of the molecule is Cc1noc(OCc2nccn2CC(F)(F)F)n1. The number of alkyl halides is 3. The Hall–Kier alpha value is -2.06. The van der Waals surface area contributed by atoms with Crippen molar-refractivity contribution in [1.82, 2.24) is 19.7 Å². The fourth-order valence-electron chi connectivity index (χ4n) is 1.28. The van der Waals surface area contributed by atoms with E-state index in [4.69, 9.17) is 4.74 Å². The molecule has 0 spiro atoms. The zero-order valence-electron chi connectivity index (χ0n) is 9.31. The Morgan fingerprint density at radius 1 is 1.44 bits per heavy atom. The fraction of sp³-hybridized carbons (Fsp3) is 0.444. The van der Waals surface area contributed by atoms with Gasteiger partial charge in [0.1, 0.15) is 12.4 Å². The lowest BCUT2D eigenvalue weighted by molar-refractivity contribution is -0.141. The summed E-state index contributed by atoms with van der Waals surface area (Å²) in [6.45, 7) is 0.306. The van der Waals surface area contributed by atoms with Crippen molar-refractivity contribution in [3.63, 3.8) is 0 Å². The highest BCUT2D eigenvalue weighted by Crippen LogP contribution is 2.18. The van der Waals surface area contributed by atoms with Gasteiger partial charge in [-0.1, -0.05) is 5.16 Å². The highest BCUT2D eigenvalue weighted by molar-refractivity contribution is 4.94. The largest absolute Gasteiger partial charge is 0.441 e. The van der Waals surface area contributed by atoms with Crippen LogP contribution in [0.5, 0.6) is 6.08 Å². The van der Waals surface area contributed by atoms with Crippen molar-refractivity contribution >= 4 is 0 Å². The summed E-state index contributed by atoms with van der Waals surface area (Å²) < 4.78 is 47.3. The quantitative estimate of drug-likeness (QED) is 0.839. The van der Waals surface area contributed by atoms with Gasteiger partial charge in [-0.05, 0) is 6.92 Å². The predicted molar refractivity (Wildman–Crippen MR) is 51.6 cm³/mol. The van der Waals surface area contributed by atoms with E-state index in [1.807, 2.05) is 0 Å². The lowest BCUT2D eigenvalue weighted by Gasteiger charge is -2.10. The number of aryl methyl sites for hydroxylation is 1. The number of halogens is 3. The average Bonchev–Trinajstić information content (AvgIpc) is 2.82. The molecule has 9 heteroatoms. The summed E-state index contributed by atoms with van der Waals surface area (Å²) in [5, 5.41) is 3.48. The van der Waals surface area contributed by atoms with Crippen molar-refractivity contribution in [1.29, 1.82) is 0 Å². The topological polar surface area (TPSA) is 66.0 Å². The molecule has 0 radical (unpaired) electrons. The van der Waals surface area contributed by atoms with E-state index in [1.165, 1.54) is 12.4 Å². The Labute approximate surface area is 99.4 Å². The number of imidazole rings is 1. The third kappa shape index (κ3) is 3.22. The minimum absolute atomic E-state index is 0.103. The van der Waals surface area contributed by atoms with E-state index < -0.39 is 12.7 Å². The van der Waals surface area contributed by atoms with Crippen LogP contribution in [0.3, 0.4) is 0 Å². The Kier molecular flexibility index (Phi) is 3.21. The molecule has 2 rings (SSSR count). The summed E-state index contributed by atoms with van der Waals surface area (Å²) in [4.78, 5) is 7.53. The normalized spacial score (nSPS) is 11.8. The molecule has 0 aliphatic heterocycles. The molecule has 0 aliphatic carbocycles. The first-order valence-corrected chi connectivity index (χ1v) is 4.94. The van der Waals surface area contributed by atoms with Crippen LogP contribution >= 0.6 is 0 Å². The van der Waals surface area contributed by atoms with Gasteiger partial charge in [-0.15, -0.1) is 0 Å². The first-order chi connectivity index (χ1) is 8.44. The van der Waals surface area contributed by atoms with Crippen molar-refractivity contribution in [3.05, 3.63) is 24.0 Å². The van der Waals surface area contributed by atoms with Crippen LogP contribution in [0.1, 0.15) is 11.6 Å². The van der Waals surface area contributed by atoms with Gasteiger partial charge in [0.05, 0.1) is 0 Å². The molecule has 2 aromatic heterocycles. The molecule has 0 bridgehead atoms. The summed E-state index contributed by atoms with van der Waals surface area (Å²) in [7, 11) is 0. The number of nitrogens with zero attached hydrogens (tertiary/aromatic N) is 4. The molecule has 0 saturated carbocycles. The summed E-state index contributed by atoms with van der Waals surface area (Å²) >= 11 is 0. The number of aromatic nitrogens is 4. The first kappa shape index (κ1) is 12.4. The lowest BCUT2D eigenvalue weighted by atomic mass is 10.5. The van der Waals surface area contributed by atoms with Crippen molar-refractivity contribution in [2.45, 2.75) is 26.3 Å². The Morgan fingerprint density at radius 2 is 2.22 bits per heavy atom. The van der Waals surface area contributed by atoms with E-state index in [2.05, 4.69) is 19.6 Å². The van der Waals surface area contributed by atoms with E-state index in [1.54, 1.807) is 6.92 Å². The van der Waals surface area contributed by atoms with Crippen LogP contribution in [-0.2, 0) is 13.2 Å². The third-order valence-corrected chi connectivity index (χ3v) is 1.99. The highest BCUT2D eigenvalue weighted by Gasteiger charge is 2.28. The van der Waals surface area contributed by atoms with Crippen LogP contribution in [0.2, 0.25) is 0 Å². The molecule has 0 N–H and O–H groups in total. The smallest absolute Gasteiger partial charge is 0.417 e. The molecule has 0 unspecified atom stereocenters. The Bertz CT molecular complexity index is 520. The van der Waals surface area contributed by atoms with Gasteiger partial charge in [-0.2, -0.15) is 18.2 Å². The van der Waals surface area contributed by atoms with Crippen LogP contribution in [-0.4, -0.2) is 25.9 Å². The molecule has 2 aromatic rings. The minimum atomic E-state index is -4.31. The zero-order chi connectivity index (χ0) is 13.2. The Balaban J connectivity index is 1.99. The molecular weight excluding hydrogens is 253 g/mol. The van der Waals surface area contributed by atoms with Crippen molar-refractivity contribution in [2.24, 2.45) is 0 Å². The molecule has 0 saturated heterocycles. The second-order valence-electron chi connectivity index (χ2n) is 3.48. The summed E-state index contributed by atoms with van der Waals surface area (Å²) in [6.07, 6.45) is -1.92. The molecule has 18 heavy (non-hydrogen) atoms. The number of rotatable bonds is 4. The van der Waals surface area contributed by atoms with Crippen LogP contribution in [0.25, 0.3) is 0 Å². The van der Waals surface area contributed by atoms with E-state index >= 15 is 0 Å². The summed E-state index contributed by atoms with van der Waals surface area (Å²) in [5.74, 6) is 0.506. The van der Waals surface area contributed by atoms with Crippen LogP contribution in [0.4, 0.5) is 13.2 Å². The monoisotopic (exact) mass is 262 g/mol. The molecule has 2 heterocycles. The summed E-state index contributed by atoms with van der Waals surface area (Å²) in [6, 6.07) is 0. The van der Waals surface area contributed by atoms with E-state index in [0.29, 0.717) is 5.82 Å². The van der Waals surface area contributed by atoms with Gasteiger partial charge in [0.2, 0.25) is 0 Å². The average molecular weight is 262 g/mol. The van der Waals surface area contributed by atoms with Gasteiger partial charge < -0.3 is 9.30 Å². The molecule has 0 aromatic carbocycles. The van der Waals surface area contributed by atoms with E-state index in [0.717, 1.165) is 4.57 Å². The fourth-order valence-corrected chi connectivity index (χ4v) is 1.28. The van der Waals surface area contributed by atoms with Crippen molar-refractivity contribution in [3.8, 4) is 6.08 Å². The van der Waals surface area contributed by atoms with E-state index in [9.17, 15) is 13.2 Å². The van der Waals surface area contributed by atoms with Gasteiger partial charge in [-0.25, -0.2) is 4.98 Å². The summed E-state index contributed by atoms with van der Waals surface area (Å²) in [5.41, 5.74) is 0. The van der Waals surface area contributed by atoms with Crippen LogP contribution in [0.15, 0.2) is 16.9 Å². The molecule has 0 fully saturated rings. The number of hydrogen-bond acceptors (Lipinski definition) is 5. The van der Waals surface area contributed by atoms with Gasteiger partial charge in [-0.3, -0.25) is 4.52 Å². The molecular formula is C9H9F3N4O2. The molecule has 0 aliphatic rings. The van der Waals surface area contributed by atoms with Gasteiger partial charge in [0, 0.05) is 12.4 Å². The maximum absolute atomic E-state index is 12.2. The highest BCUT2D eigenvalue weighted by atomic mass is 19.4. The zero-order valence-corrected chi connectivity index (χ0v) is 9.31. The molecule has 0 amide bonds. The van der Waals surface area contributed by atoms with E-state index in [-0.39, 0.29) is 18.5 Å².